The second kappa shape index (κ2) is 5.33. The minimum atomic E-state index is -1.39. The van der Waals surface area contributed by atoms with E-state index in [9.17, 15) is 0 Å². The number of benzene rings is 1. The van der Waals surface area contributed by atoms with Crippen molar-refractivity contribution in [1.29, 1.82) is 0 Å². The number of hydrogen-bond acceptors (Lipinski definition) is 2. The molecule has 0 unspecified atom stereocenters. The molecular formula is C16H24N2Si. The molecule has 1 heterocycles. The first-order chi connectivity index (χ1) is 8.97. The number of aromatic nitrogens is 1. The summed E-state index contributed by atoms with van der Waals surface area (Å²) in [5.41, 5.74) is 1.10. The maximum atomic E-state index is 4.94. The zero-order chi connectivity index (χ0) is 14.0. The van der Waals surface area contributed by atoms with Crippen LogP contribution in [0, 0.1) is 0 Å². The zero-order valence-electron chi connectivity index (χ0n) is 12.7. The molecule has 2 nitrogen and oxygen atoms in total. The highest BCUT2D eigenvalue weighted by Crippen LogP contribution is 2.20. The summed E-state index contributed by atoms with van der Waals surface area (Å²) < 4.78 is 0. The van der Waals surface area contributed by atoms with Gasteiger partial charge in [-0.1, -0.05) is 37.8 Å². The van der Waals surface area contributed by atoms with Crippen LogP contribution in [0.4, 0.5) is 5.82 Å². The third-order valence-electron chi connectivity index (χ3n) is 3.57. The van der Waals surface area contributed by atoms with Crippen molar-refractivity contribution in [3.05, 3.63) is 30.3 Å². The van der Waals surface area contributed by atoms with Crippen LogP contribution in [-0.2, 0) is 0 Å². The van der Waals surface area contributed by atoms with Crippen LogP contribution in [0.2, 0.25) is 19.6 Å². The van der Waals surface area contributed by atoms with Gasteiger partial charge in [0.25, 0.3) is 0 Å². The van der Waals surface area contributed by atoms with Crippen LogP contribution in [0.5, 0.6) is 0 Å². The molecule has 0 bridgehead atoms. The Bertz CT molecular complexity index is 568. The highest BCUT2D eigenvalue weighted by atomic mass is 28.3. The average molecular weight is 272 g/mol. The maximum Gasteiger partial charge on any atom is 0.128 e. The number of nitrogens with zero attached hydrogens (tertiary/aromatic N) is 2. The number of hydrogen-bond donors (Lipinski definition) is 0. The van der Waals surface area contributed by atoms with Gasteiger partial charge < -0.3 is 4.90 Å². The molecule has 1 aromatic heterocycles. The van der Waals surface area contributed by atoms with E-state index in [2.05, 4.69) is 68.7 Å². The minimum absolute atomic E-state index is 1.01. The summed E-state index contributed by atoms with van der Waals surface area (Å²) in [7, 11) is -1.39. The van der Waals surface area contributed by atoms with Crippen molar-refractivity contribution in [2.75, 3.05) is 18.0 Å². The lowest BCUT2D eigenvalue weighted by Gasteiger charge is -2.28. The van der Waals surface area contributed by atoms with Crippen molar-refractivity contribution in [3.63, 3.8) is 0 Å². The van der Waals surface area contributed by atoms with E-state index < -0.39 is 8.07 Å². The number of anilines is 1. The third kappa shape index (κ3) is 2.81. The molecule has 0 saturated carbocycles. The molecule has 19 heavy (non-hydrogen) atoms. The van der Waals surface area contributed by atoms with Crippen molar-refractivity contribution in [1.82, 2.24) is 4.98 Å². The topological polar surface area (TPSA) is 16.1 Å². The van der Waals surface area contributed by atoms with E-state index in [4.69, 9.17) is 4.98 Å². The number of pyridine rings is 1. The molecule has 0 aliphatic rings. The van der Waals surface area contributed by atoms with Gasteiger partial charge in [0.15, 0.2) is 0 Å². The van der Waals surface area contributed by atoms with Crippen LogP contribution < -0.4 is 10.1 Å². The normalized spacial score (nSPS) is 11.8. The van der Waals surface area contributed by atoms with Gasteiger partial charge in [0.2, 0.25) is 0 Å². The van der Waals surface area contributed by atoms with Gasteiger partial charge in [-0.25, -0.2) is 4.98 Å². The van der Waals surface area contributed by atoms with Crippen molar-refractivity contribution in [3.8, 4) is 0 Å². The summed E-state index contributed by atoms with van der Waals surface area (Å²) in [6.45, 7) is 13.6. The molecule has 0 atom stereocenters. The third-order valence-corrected chi connectivity index (χ3v) is 5.56. The lowest BCUT2D eigenvalue weighted by molar-refractivity contribution is 0.852. The van der Waals surface area contributed by atoms with Crippen molar-refractivity contribution in [2.24, 2.45) is 0 Å². The molecular weight excluding hydrogens is 248 g/mol. The van der Waals surface area contributed by atoms with Gasteiger partial charge in [0, 0.05) is 18.5 Å². The summed E-state index contributed by atoms with van der Waals surface area (Å²) >= 11 is 0. The van der Waals surface area contributed by atoms with Gasteiger partial charge >= 0.3 is 0 Å². The van der Waals surface area contributed by atoms with E-state index in [1.54, 1.807) is 0 Å². The Morgan fingerprint density at radius 2 is 1.68 bits per heavy atom. The highest BCUT2D eigenvalue weighted by molar-refractivity contribution is 6.89. The van der Waals surface area contributed by atoms with E-state index in [-0.39, 0.29) is 0 Å². The molecule has 0 N–H and O–H groups in total. The molecule has 0 radical (unpaired) electrons. The quantitative estimate of drug-likeness (QED) is 0.790. The van der Waals surface area contributed by atoms with Crippen LogP contribution in [0.15, 0.2) is 30.3 Å². The van der Waals surface area contributed by atoms with E-state index >= 15 is 0 Å². The second-order valence-electron chi connectivity index (χ2n) is 5.97. The fourth-order valence-electron chi connectivity index (χ4n) is 2.42. The largest absolute Gasteiger partial charge is 0.357 e. The molecule has 2 rings (SSSR count). The molecule has 0 amide bonds. The predicted molar refractivity (Wildman–Crippen MR) is 88.3 cm³/mol. The standard InChI is InChI=1S/C16H24N2Si/c1-6-18(7-2)16-15(19(3,4)5)12-13-10-8-9-11-14(13)17-16/h8-12H,6-7H2,1-5H3. The van der Waals surface area contributed by atoms with Gasteiger partial charge in [-0.2, -0.15) is 0 Å². The Balaban J connectivity index is 2.70. The molecule has 0 aliphatic heterocycles. The molecule has 0 saturated heterocycles. The van der Waals surface area contributed by atoms with Crippen molar-refractivity contribution < 1.29 is 0 Å². The molecule has 3 heteroatoms. The van der Waals surface area contributed by atoms with E-state index in [0.717, 1.165) is 18.6 Å². The number of para-hydroxylation sites is 1. The van der Waals surface area contributed by atoms with Gasteiger partial charge in [-0.15, -0.1) is 0 Å². The molecule has 102 valence electrons. The first-order valence-electron chi connectivity index (χ1n) is 7.12. The van der Waals surface area contributed by atoms with Gasteiger partial charge in [0.1, 0.15) is 5.82 Å². The van der Waals surface area contributed by atoms with Crippen LogP contribution in [-0.4, -0.2) is 26.1 Å². The molecule has 0 fully saturated rings. The van der Waals surface area contributed by atoms with Crippen LogP contribution in [0.25, 0.3) is 10.9 Å². The molecule has 0 aliphatic carbocycles. The Labute approximate surface area is 117 Å². The second-order valence-corrected chi connectivity index (χ2v) is 11.0. The molecule has 1 aromatic carbocycles. The summed E-state index contributed by atoms with van der Waals surface area (Å²) in [5.74, 6) is 1.20. The first-order valence-corrected chi connectivity index (χ1v) is 10.6. The fourth-order valence-corrected chi connectivity index (χ4v) is 3.90. The molecule has 2 aromatic rings. The predicted octanol–water partition coefficient (Wildman–Crippen LogP) is 3.63. The monoisotopic (exact) mass is 272 g/mol. The number of fused-ring (bicyclic) bond motifs is 1. The van der Waals surface area contributed by atoms with Crippen molar-refractivity contribution in [2.45, 2.75) is 33.5 Å². The summed E-state index contributed by atoms with van der Waals surface area (Å²) in [5, 5.41) is 2.73. The minimum Gasteiger partial charge on any atom is -0.357 e. The van der Waals surface area contributed by atoms with Crippen LogP contribution in [0.1, 0.15) is 13.8 Å². The molecule has 0 spiro atoms. The zero-order valence-corrected chi connectivity index (χ0v) is 13.7. The van der Waals surface area contributed by atoms with Crippen molar-refractivity contribution >= 4 is 30.0 Å². The summed E-state index contributed by atoms with van der Waals surface area (Å²) in [4.78, 5) is 7.32. The first kappa shape index (κ1) is 14.1. The van der Waals surface area contributed by atoms with E-state index in [1.165, 1.54) is 16.4 Å². The lowest BCUT2D eigenvalue weighted by atomic mass is 10.2. The lowest BCUT2D eigenvalue weighted by Crippen LogP contribution is -2.43. The van der Waals surface area contributed by atoms with E-state index in [0.29, 0.717) is 0 Å². The van der Waals surface area contributed by atoms with Gasteiger partial charge in [-0.05, 0) is 31.2 Å². The summed E-state index contributed by atoms with van der Waals surface area (Å²) in [6, 6.07) is 10.8. The Hall–Kier alpha value is -1.35. The maximum absolute atomic E-state index is 4.94. The Morgan fingerprint density at radius 1 is 1.05 bits per heavy atom. The Kier molecular flexibility index (Phi) is 3.95. The van der Waals surface area contributed by atoms with Crippen LogP contribution in [0.3, 0.4) is 0 Å². The SMILES string of the molecule is CCN(CC)c1nc2ccccc2cc1[Si](C)(C)C. The van der Waals surface area contributed by atoms with Gasteiger partial charge in [0.05, 0.1) is 13.6 Å². The summed E-state index contributed by atoms with van der Waals surface area (Å²) in [6.07, 6.45) is 0. The van der Waals surface area contributed by atoms with Crippen LogP contribution >= 0.6 is 0 Å². The van der Waals surface area contributed by atoms with E-state index in [1.807, 2.05) is 0 Å². The number of rotatable bonds is 4. The highest BCUT2D eigenvalue weighted by Gasteiger charge is 2.24. The van der Waals surface area contributed by atoms with Gasteiger partial charge in [-0.3, -0.25) is 0 Å². The average Bonchev–Trinajstić information content (AvgIpc) is 2.38. The smallest absolute Gasteiger partial charge is 0.128 e. The fraction of sp³-hybridized carbons (Fsp3) is 0.438. The Morgan fingerprint density at radius 3 is 2.26 bits per heavy atom.